The van der Waals surface area contributed by atoms with E-state index in [1.165, 1.54) is 0 Å². The smallest absolute Gasteiger partial charge is 0.303 e. The molecule has 1 saturated carbocycles. The quantitative estimate of drug-likeness (QED) is 0.396. The number of phenolic OH excluding ortho intramolecular Hbond substituents is 1. The molecule has 1 aromatic rings. The number of carbonyl (C=O) groups is 2. The Hall–Kier alpha value is -2.40. The lowest BCUT2D eigenvalue weighted by molar-refractivity contribution is -0.137. The molecule has 0 aliphatic heterocycles. The number of allylic oxidation sites excluding steroid dienone is 3. The molecule has 5 heteroatoms. The fourth-order valence-electron chi connectivity index (χ4n) is 3.78. The van der Waals surface area contributed by atoms with Crippen molar-refractivity contribution in [2.24, 2.45) is 11.8 Å². The van der Waals surface area contributed by atoms with E-state index in [9.17, 15) is 19.8 Å². The summed E-state index contributed by atoms with van der Waals surface area (Å²) in [7, 11) is 0. The predicted molar refractivity (Wildman–Crippen MR) is 113 cm³/mol. The molecule has 0 saturated heterocycles. The molecule has 0 radical (unpaired) electrons. The van der Waals surface area contributed by atoms with Crippen molar-refractivity contribution in [2.75, 3.05) is 0 Å². The summed E-state index contributed by atoms with van der Waals surface area (Å²) in [6, 6.07) is 5.35. The van der Waals surface area contributed by atoms with Crippen LogP contribution in [0.25, 0.3) is 0 Å². The lowest BCUT2D eigenvalue weighted by atomic mass is 9.89. The highest BCUT2D eigenvalue weighted by Gasteiger charge is 2.32. The number of ketones is 1. The molecule has 0 aromatic heterocycles. The summed E-state index contributed by atoms with van der Waals surface area (Å²) in [6.45, 7) is 3.77. The summed E-state index contributed by atoms with van der Waals surface area (Å²) in [4.78, 5) is 22.7. The molecule has 2 rings (SSSR count). The number of unbranched alkanes of at least 4 members (excludes halogenated alkanes) is 1. The minimum absolute atomic E-state index is 0.0691. The van der Waals surface area contributed by atoms with Crippen LogP contribution in [0.5, 0.6) is 5.75 Å². The number of aliphatic carboxylic acids is 1. The van der Waals surface area contributed by atoms with Gasteiger partial charge in [-0.15, -0.1) is 0 Å². The highest BCUT2D eigenvalue weighted by atomic mass is 16.4. The van der Waals surface area contributed by atoms with Crippen LogP contribution in [0.1, 0.15) is 62.5 Å². The Balaban J connectivity index is 1.91. The lowest BCUT2D eigenvalue weighted by Gasteiger charge is -2.18. The molecule has 4 atom stereocenters. The lowest BCUT2D eigenvalue weighted by Crippen LogP contribution is -2.16. The van der Waals surface area contributed by atoms with Gasteiger partial charge in [0.15, 0.2) is 0 Å². The summed E-state index contributed by atoms with van der Waals surface area (Å²) in [5.41, 5.74) is 1.74. The van der Waals surface area contributed by atoms with E-state index in [-0.39, 0.29) is 35.7 Å². The van der Waals surface area contributed by atoms with Gasteiger partial charge in [-0.2, -0.15) is 0 Å². The van der Waals surface area contributed by atoms with E-state index in [1.807, 2.05) is 44.2 Å². The average molecular weight is 401 g/mol. The van der Waals surface area contributed by atoms with Crippen LogP contribution in [0.2, 0.25) is 0 Å². The molecule has 0 amide bonds. The number of aliphatic hydroxyl groups excluding tert-OH is 1. The Kier molecular flexibility index (Phi) is 8.65. The Morgan fingerprint density at radius 3 is 2.76 bits per heavy atom. The molecule has 1 aliphatic carbocycles. The number of Topliss-reactive ketones (excluding diaryl/α,β-unsaturated/α-hetero) is 1. The molecule has 1 aliphatic rings. The number of aromatic hydroxyl groups is 1. The molecule has 0 bridgehead atoms. The number of hydrogen-bond acceptors (Lipinski definition) is 4. The second-order valence-electron chi connectivity index (χ2n) is 7.98. The van der Waals surface area contributed by atoms with Gasteiger partial charge in [-0.25, -0.2) is 0 Å². The van der Waals surface area contributed by atoms with Crippen LogP contribution < -0.4 is 0 Å². The summed E-state index contributed by atoms with van der Waals surface area (Å²) >= 11 is 0. The second-order valence-corrected chi connectivity index (χ2v) is 7.98. The number of carboxylic acid groups (broad SMARTS) is 1. The SMILES string of the molecule is Cc1cc(C(C)C(O)/C=C/C2CCC(=O)[C@@H]2C/C=C\CCCC(=O)O)ccc1O. The first-order valence-corrected chi connectivity index (χ1v) is 10.3. The molecule has 158 valence electrons. The molecule has 5 nitrogen and oxygen atoms in total. The number of carboxylic acids is 1. The van der Waals surface area contributed by atoms with Gasteiger partial charge in [0.1, 0.15) is 11.5 Å². The fourth-order valence-corrected chi connectivity index (χ4v) is 3.78. The van der Waals surface area contributed by atoms with Crippen LogP contribution in [0.15, 0.2) is 42.5 Å². The highest BCUT2D eigenvalue weighted by Crippen LogP contribution is 2.33. The molecular formula is C24H32O5. The van der Waals surface area contributed by atoms with Crippen molar-refractivity contribution in [3.63, 3.8) is 0 Å². The zero-order valence-electron chi connectivity index (χ0n) is 17.3. The van der Waals surface area contributed by atoms with E-state index < -0.39 is 12.1 Å². The summed E-state index contributed by atoms with van der Waals surface area (Å²) in [5.74, 6) is -0.351. The van der Waals surface area contributed by atoms with Crippen molar-refractivity contribution in [3.8, 4) is 5.75 Å². The normalized spacial score (nSPS) is 21.8. The van der Waals surface area contributed by atoms with Crippen molar-refractivity contribution < 1.29 is 24.9 Å². The Morgan fingerprint density at radius 2 is 2.07 bits per heavy atom. The first-order chi connectivity index (χ1) is 13.8. The van der Waals surface area contributed by atoms with E-state index >= 15 is 0 Å². The first-order valence-electron chi connectivity index (χ1n) is 10.3. The summed E-state index contributed by atoms with van der Waals surface area (Å²) in [5, 5.41) is 28.9. The van der Waals surface area contributed by atoms with E-state index in [0.29, 0.717) is 25.7 Å². The van der Waals surface area contributed by atoms with Crippen molar-refractivity contribution in [1.29, 1.82) is 0 Å². The molecule has 0 heterocycles. The molecule has 0 spiro atoms. The van der Waals surface area contributed by atoms with Gasteiger partial charge in [-0.1, -0.05) is 43.4 Å². The van der Waals surface area contributed by atoms with E-state index in [2.05, 4.69) is 0 Å². The van der Waals surface area contributed by atoms with E-state index in [0.717, 1.165) is 17.5 Å². The van der Waals surface area contributed by atoms with Crippen molar-refractivity contribution in [2.45, 2.75) is 64.4 Å². The van der Waals surface area contributed by atoms with Gasteiger partial charge in [0.2, 0.25) is 0 Å². The number of aryl methyl sites for hydroxylation is 1. The molecule has 3 unspecified atom stereocenters. The summed E-state index contributed by atoms with van der Waals surface area (Å²) in [6.07, 6.45) is 10.5. The topological polar surface area (TPSA) is 94.8 Å². The number of benzene rings is 1. The fraction of sp³-hybridized carbons (Fsp3) is 0.500. The van der Waals surface area contributed by atoms with Crippen LogP contribution in [0.3, 0.4) is 0 Å². The van der Waals surface area contributed by atoms with Crippen molar-refractivity contribution >= 4 is 11.8 Å². The van der Waals surface area contributed by atoms with Gasteiger partial charge < -0.3 is 15.3 Å². The van der Waals surface area contributed by atoms with Crippen molar-refractivity contribution in [1.82, 2.24) is 0 Å². The molecule has 1 fully saturated rings. The number of aliphatic hydroxyl groups is 1. The van der Waals surface area contributed by atoms with Gasteiger partial charge >= 0.3 is 5.97 Å². The van der Waals surface area contributed by atoms with E-state index in [1.54, 1.807) is 12.1 Å². The van der Waals surface area contributed by atoms with Gasteiger partial charge in [0.25, 0.3) is 0 Å². The van der Waals surface area contributed by atoms with Crippen LogP contribution >= 0.6 is 0 Å². The van der Waals surface area contributed by atoms with Gasteiger partial charge in [-0.05, 0) is 55.7 Å². The van der Waals surface area contributed by atoms with Gasteiger partial charge in [-0.3, -0.25) is 9.59 Å². The zero-order valence-corrected chi connectivity index (χ0v) is 17.3. The highest BCUT2D eigenvalue weighted by molar-refractivity contribution is 5.83. The standard InChI is InChI=1S/C24H32O5/c1-16-15-19(11-12-21(16)25)17(2)22(26)13-9-18-10-14-23(27)20(18)7-5-3-4-6-8-24(28)29/h3,5,9,11-13,15,17-18,20,22,25-26H,4,6-8,10,14H2,1-2H3,(H,28,29)/b5-3-,13-9+/t17?,18?,20-,22?/m1/s1. The maximum Gasteiger partial charge on any atom is 0.303 e. The maximum atomic E-state index is 12.2. The third kappa shape index (κ3) is 6.86. The van der Waals surface area contributed by atoms with E-state index in [4.69, 9.17) is 5.11 Å². The second kappa shape index (κ2) is 11.0. The Labute approximate surface area is 172 Å². The van der Waals surface area contributed by atoms with Crippen LogP contribution in [0, 0.1) is 18.8 Å². The number of carbonyl (C=O) groups excluding carboxylic acids is 1. The van der Waals surface area contributed by atoms with Gasteiger partial charge in [0, 0.05) is 24.7 Å². The molecule has 29 heavy (non-hydrogen) atoms. The minimum atomic E-state index is -0.787. The minimum Gasteiger partial charge on any atom is -0.508 e. The predicted octanol–water partition coefficient (Wildman–Crippen LogP) is 4.52. The van der Waals surface area contributed by atoms with Crippen LogP contribution in [0.4, 0.5) is 0 Å². The Bertz CT molecular complexity index is 765. The van der Waals surface area contributed by atoms with Crippen LogP contribution in [-0.4, -0.2) is 33.2 Å². The third-order valence-corrected chi connectivity index (χ3v) is 5.79. The van der Waals surface area contributed by atoms with Crippen molar-refractivity contribution in [3.05, 3.63) is 53.6 Å². The molecule has 3 N–H and O–H groups in total. The third-order valence-electron chi connectivity index (χ3n) is 5.79. The molecule has 1 aromatic carbocycles. The number of rotatable bonds is 10. The number of phenols is 1. The first kappa shape index (κ1) is 22.9. The maximum absolute atomic E-state index is 12.2. The Morgan fingerprint density at radius 1 is 1.31 bits per heavy atom. The molecular weight excluding hydrogens is 368 g/mol. The summed E-state index contributed by atoms with van der Waals surface area (Å²) < 4.78 is 0. The van der Waals surface area contributed by atoms with Gasteiger partial charge in [0.05, 0.1) is 6.10 Å². The average Bonchev–Trinajstić information content (AvgIpc) is 3.03. The zero-order chi connectivity index (χ0) is 21.4. The largest absolute Gasteiger partial charge is 0.508 e. The monoisotopic (exact) mass is 400 g/mol. The number of hydrogen-bond donors (Lipinski definition) is 3. The van der Waals surface area contributed by atoms with Crippen LogP contribution in [-0.2, 0) is 9.59 Å².